The van der Waals surface area contributed by atoms with Crippen LogP contribution in [0, 0.1) is 27.7 Å². The molecule has 0 spiro atoms. The van der Waals surface area contributed by atoms with Crippen LogP contribution in [0.3, 0.4) is 0 Å². The molecule has 1 amide bonds. The Hall–Kier alpha value is -2.33. The van der Waals surface area contributed by atoms with Gasteiger partial charge in [-0.15, -0.1) is 0 Å². The van der Waals surface area contributed by atoms with Gasteiger partial charge in [0, 0.05) is 6.20 Å². The molecule has 0 aliphatic heterocycles. The van der Waals surface area contributed by atoms with Gasteiger partial charge in [-0.25, -0.2) is 4.98 Å². The van der Waals surface area contributed by atoms with Crippen molar-refractivity contribution in [1.29, 1.82) is 0 Å². The second kappa shape index (κ2) is 5.70. The topological polar surface area (TPSA) is 46.4 Å². The molecule has 1 N–H and O–H groups in total. The van der Waals surface area contributed by atoms with E-state index in [1.807, 2.05) is 58.2 Å². The Bertz CT molecular complexity index is 904. The number of carbonyl (C=O) groups excluding carboxylic acids is 1. The Labute approximate surface area is 140 Å². The number of nitrogens with one attached hydrogen (secondary N) is 1. The zero-order valence-corrected chi connectivity index (χ0v) is 14.3. The first-order valence-corrected chi connectivity index (χ1v) is 7.78. The number of hydrogen-bond acceptors (Lipinski definition) is 2. The third-order valence-corrected chi connectivity index (χ3v) is 4.14. The number of carbonyl (C=O) groups is 1. The lowest BCUT2D eigenvalue weighted by Crippen LogP contribution is -2.16. The van der Waals surface area contributed by atoms with Gasteiger partial charge in [0.05, 0.1) is 16.4 Å². The van der Waals surface area contributed by atoms with Crippen LogP contribution in [0.2, 0.25) is 5.02 Å². The van der Waals surface area contributed by atoms with Crippen LogP contribution in [0.4, 0.5) is 5.69 Å². The molecule has 0 saturated carbocycles. The van der Waals surface area contributed by atoms with Crippen LogP contribution in [0.15, 0.2) is 30.5 Å². The highest BCUT2D eigenvalue weighted by molar-refractivity contribution is 6.34. The first-order chi connectivity index (χ1) is 10.9. The van der Waals surface area contributed by atoms with Crippen LogP contribution < -0.4 is 5.32 Å². The molecule has 5 heteroatoms. The number of aryl methyl sites for hydroxylation is 4. The van der Waals surface area contributed by atoms with Gasteiger partial charge < -0.3 is 5.32 Å². The van der Waals surface area contributed by atoms with Crippen molar-refractivity contribution in [3.05, 3.63) is 63.6 Å². The molecule has 3 rings (SSSR count). The summed E-state index contributed by atoms with van der Waals surface area (Å²) < 4.78 is 1.80. The number of anilines is 1. The van der Waals surface area contributed by atoms with E-state index in [-0.39, 0.29) is 5.91 Å². The Morgan fingerprint density at radius 1 is 1.13 bits per heavy atom. The van der Waals surface area contributed by atoms with Gasteiger partial charge in [-0.3, -0.25) is 9.20 Å². The van der Waals surface area contributed by atoms with E-state index in [4.69, 9.17) is 11.6 Å². The highest BCUT2D eigenvalue weighted by atomic mass is 35.5. The minimum atomic E-state index is -0.215. The summed E-state index contributed by atoms with van der Waals surface area (Å²) >= 11 is 6.28. The third-order valence-electron chi connectivity index (χ3n) is 3.84. The minimum Gasteiger partial charge on any atom is -0.319 e. The molecule has 3 aromatic rings. The lowest BCUT2D eigenvalue weighted by atomic mass is 10.1. The predicted molar refractivity (Wildman–Crippen MR) is 93.5 cm³/mol. The summed E-state index contributed by atoms with van der Waals surface area (Å²) in [4.78, 5) is 17.2. The molecule has 0 aliphatic carbocycles. The summed E-state index contributed by atoms with van der Waals surface area (Å²) in [7, 11) is 0. The number of pyridine rings is 1. The molecule has 0 aliphatic rings. The van der Waals surface area contributed by atoms with Crippen molar-refractivity contribution in [3.8, 4) is 0 Å². The highest BCUT2D eigenvalue weighted by Gasteiger charge is 2.18. The quantitative estimate of drug-likeness (QED) is 0.754. The average molecular weight is 328 g/mol. The molecule has 0 atom stereocenters. The van der Waals surface area contributed by atoms with Crippen molar-refractivity contribution >= 4 is 28.8 Å². The van der Waals surface area contributed by atoms with Crippen LogP contribution in [-0.2, 0) is 0 Å². The molecule has 1 aromatic carbocycles. The van der Waals surface area contributed by atoms with Gasteiger partial charge in [-0.1, -0.05) is 17.7 Å². The van der Waals surface area contributed by atoms with Gasteiger partial charge in [-0.05, 0) is 62.6 Å². The number of imidazole rings is 1. The summed E-state index contributed by atoms with van der Waals surface area (Å²) in [6.45, 7) is 7.74. The number of halogens is 1. The van der Waals surface area contributed by atoms with Crippen LogP contribution in [0.25, 0.3) is 5.65 Å². The van der Waals surface area contributed by atoms with Gasteiger partial charge in [0.2, 0.25) is 0 Å². The SMILES string of the molecule is Cc1cc(C)c(NC(=O)c2c(C)nc3cc(C)ccn23)c(Cl)c1. The lowest BCUT2D eigenvalue weighted by Gasteiger charge is -2.12. The standard InChI is InChI=1S/C18H18ClN3O/c1-10-5-6-22-15(9-10)20-13(4)17(22)18(23)21-16-12(3)7-11(2)8-14(16)19/h5-9H,1-4H3,(H,21,23). The van der Waals surface area contributed by atoms with E-state index in [1.54, 1.807) is 4.40 Å². The molecule has 4 nitrogen and oxygen atoms in total. The van der Waals surface area contributed by atoms with Gasteiger partial charge in [0.25, 0.3) is 5.91 Å². The highest BCUT2D eigenvalue weighted by Crippen LogP contribution is 2.28. The fourth-order valence-electron chi connectivity index (χ4n) is 2.78. The summed E-state index contributed by atoms with van der Waals surface area (Å²) in [6, 6.07) is 7.74. The predicted octanol–water partition coefficient (Wildman–Crippen LogP) is 4.47. The molecule has 0 radical (unpaired) electrons. The van der Waals surface area contributed by atoms with Gasteiger partial charge in [0.15, 0.2) is 0 Å². The fourth-order valence-corrected chi connectivity index (χ4v) is 3.15. The van der Waals surface area contributed by atoms with E-state index in [1.165, 1.54) is 0 Å². The number of aromatic nitrogens is 2. The normalized spacial score (nSPS) is 11.0. The zero-order chi connectivity index (χ0) is 16.7. The van der Waals surface area contributed by atoms with Gasteiger partial charge in [-0.2, -0.15) is 0 Å². The average Bonchev–Trinajstić information content (AvgIpc) is 2.77. The summed E-state index contributed by atoms with van der Waals surface area (Å²) in [5.41, 5.74) is 5.72. The molecular formula is C18H18ClN3O. The van der Waals surface area contributed by atoms with Crippen LogP contribution in [-0.4, -0.2) is 15.3 Å². The van der Waals surface area contributed by atoms with Crippen LogP contribution >= 0.6 is 11.6 Å². The van der Waals surface area contributed by atoms with E-state index in [2.05, 4.69) is 10.3 Å². The second-order valence-corrected chi connectivity index (χ2v) is 6.28. The fraction of sp³-hybridized carbons (Fsp3) is 0.222. The maximum atomic E-state index is 12.8. The van der Waals surface area contributed by atoms with Crippen LogP contribution in [0.1, 0.15) is 32.9 Å². The maximum Gasteiger partial charge on any atom is 0.274 e. The van der Waals surface area contributed by atoms with Gasteiger partial charge >= 0.3 is 0 Å². The number of rotatable bonds is 2. The van der Waals surface area contributed by atoms with Crippen molar-refractivity contribution in [3.63, 3.8) is 0 Å². The molecule has 118 valence electrons. The maximum absolute atomic E-state index is 12.8. The van der Waals surface area contributed by atoms with Crippen molar-refractivity contribution in [2.75, 3.05) is 5.32 Å². The first kappa shape index (κ1) is 15.6. The first-order valence-electron chi connectivity index (χ1n) is 7.40. The summed E-state index contributed by atoms with van der Waals surface area (Å²) in [5, 5.41) is 3.46. The van der Waals surface area contributed by atoms with E-state index in [9.17, 15) is 4.79 Å². The summed E-state index contributed by atoms with van der Waals surface area (Å²) in [6.07, 6.45) is 1.86. The third kappa shape index (κ3) is 2.82. The van der Waals surface area contributed by atoms with E-state index in [0.717, 1.165) is 22.3 Å². The van der Waals surface area contributed by atoms with E-state index in [0.29, 0.717) is 22.1 Å². The Balaban J connectivity index is 2.04. The van der Waals surface area contributed by atoms with Gasteiger partial charge in [0.1, 0.15) is 11.3 Å². The molecule has 0 fully saturated rings. The number of nitrogens with zero attached hydrogens (tertiary/aromatic N) is 2. The summed E-state index contributed by atoms with van der Waals surface area (Å²) in [5.74, 6) is -0.215. The Kier molecular flexibility index (Phi) is 3.86. The lowest BCUT2D eigenvalue weighted by molar-refractivity contribution is 0.102. The Morgan fingerprint density at radius 3 is 2.57 bits per heavy atom. The Morgan fingerprint density at radius 2 is 1.87 bits per heavy atom. The van der Waals surface area contributed by atoms with Crippen molar-refractivity contribution in [2.45, 2.75) is 27.7 Å². The molecule has 0 saturated heterocycles. The van der Waals surface area contributed by atoms with E-state index < -0.39 is 0 Å². The minimum absolute atomic E-state index is 0.215. The molecular weight excluding hydrogens is 310 g/mol. The number of amides is 1. The van der Waals surface area contributed by atoms with E-state index >= 15 is 0 Å². The van der Waals surface area contributed by atoms with Crippen molar-refractivity contribution in [2.24, 2.45) is 0 Å². The molecule has 0 bridgehead atoms. The largest absolute Gasteiger partial charge is 0.319 e. The molecule has 2 heterocycles. The van der Waals surface area contributed by atoms with Crippen molar-refractivity contribution in [1.82, 2.24) is 9.38 Å². The monoisotopic (exact) mass is 327 g/mol. The number of benzene rings is 1. The van der Waals surface area contributed by atoms with Crippen LogP contribution in [0.5, 0.6) is 0 Å². The van der Waals surface area contributed by atoms with Crippen molar-refractivity contribution < 1.29 is 4.79 Å². The number of fused-ring (bicyclic) bond motifs is 1. The molecule has 0 unspecified atom stereocenters. The molecule has 2 aromatic heterocycles. The number of hydrogen-bond donors (Lipinski definition) is 1. The second-order valence-electron chi connectivity index (χ2n) is 5.87. The zero-order valence-electron chi connectivity index (χ0n) is 13.6. The smallest absolute Gasteiger partial charge is 0.274 e. The molecule has 23 heavy (non-hydrogen) atoms.